The molecule has 2 N–H and O–H groups in total. The predicted molar refractivity (Wildman–Crippen MR) is 74.3 cm³/mol. The number of nitrogens with zero attached hydrogens (tertiary/aromatic N) is 1. The lowest BCUT2D eigenvalue weighted by molar-refractivity contribution is -0.142. The smallest absolute Gasteiger partial charge is 0.307 e. The van der Waals surface area contributed by atoms with Crippen LogP contribution in [0, 0.1) is 11.8 Å². The largest absolute Gasteiger partial charge is 0.481 e. The van der Waals surface area contributed by atoms with Crippen molar-refractivity contribution in [2.75, 3.05) is 31.1 Å². The molecular weight excluding hydrogens is 288 g/mol. The highest BCUT2D eigenvalue weighted by atomic mass is 32.2. The highest BCUT2D eigenvalue weighted by molar-refractivity contribution is 7.99. The van der Waals surface area contributed by atoms with Gasteiger partial charge in [0.2, 0.25) is 0 Å². The van der Waals surface area contributed by atoms with Crippen LogP contribution in [0.1, 0.15) is 19.3 Å². The van der Waals surface area contributed by atoms with E-state index in [9.17, 15) is 13.2 Å². The Labute approximate surface area is 118 Å². The Kier molecular flexibility index (Phi) is 5.10. The predicted octanol–water partition coefficient (Wildman–Crippen LogP) is 0.371. The number of rotatable bonds is 5. The molecule has 0 bridgehead atoms. The lowest BCUT2D eigenvalue weighted by Crippen LogP contribution is -2.48. The molecule has 2 rings (SSSR count). The number of aliphatic carboxylic acids is 1. The molecule has 19 heavy (non-hydrogen) atoms. The molecule has 2 aliphatic heterocycles. The molecule has 2 aliphatic rings. The van der Waals surface area contributed by atoms with Gasteiger partial charge in [0.05, 0.1) is 5.92 Å². The number of piperidine rings is 1. The molecular formula is C11H20N2O4S2. The average Bonchev–Trinajstić information content (AvgIpc) is 2.90. The molecule has 2 fully saturated rings. The summed E-state index contributed by atoms with van der Waals surface area (Å²) in [5, 5.41) is 8.98. The van der Waals surface area contributed by atoms with E-state index in [-0.39, 0.29) is 6.54 Å². The molecule has 0 spiro atoms. The minimum Gasteiger partial charge on any atom is -0.481 e. The van der Waals surface area contributed by atoms with Crippen LogP contribution in [0.2, 0.25) is 0 Å². The van der Waals surface area contributed by atoms with E-state index in [4.69, 9.17) is 5.11 Å². The summed E-state index contributed by atoms with van der Waals surface area (Å²) < 4.78 is 28.1. The number of carboxylic acids is 1. The zero-order valence-corrected chi connectivity index (χ0v) is 12.4. The fourth-order valence-electron chi connectivity index (χ4n) is 2.42. The summed E-state index contributed by atoms with van der Waals surface area (Å²) in [7, 11) is -3.53. The minimum atomic E-state index is -3.53. The first-order chi connectivity index (χ1) is 8.99. The third-order valence-electron chi connectivity index (χ3n) is 3.65. The number of hydrogen-bond acceptors (Lipinski definition) is 4. The molecule has 0 aliphatic carbocycles. The summed E-state index contributed by atoms with van der Waals surface area (Å²) in [4.78, 5) is 10.9. The molecule has 0 radical (unpaired) electrons. The first kappa shape index (κ1) is 15.1. The van der Waals surface area contributed by atoms with E-state index < -0.39 is 22.1 Å². The van der Waals surface area contributed by atoms with Crippen LogP contribution in [-0.4, -0.2) is 54.9 Å². The first-order valence-electron chi connectivity index (χ1n) is 6.54. The SMILES string of the molecule is O=C(O)C1CCCN(S(=O)(=O)NCC2CCSC2)C1. The van der Waals surface area contributed by atoms with Crippen LogP contribution in [0.3, 0.4) is 0 Å². The quantitative estimate of drug-likeness (QED) is 0.766. The lowest BCUT2D eigenvalue weighted by atomic mass is 10.0. The van der Waals surface area contributed by atoms with Gasteiger partial charge in [-0.05, 0) is 36.7 Å². The molecule has 0 saturated carbocycles. The maximum absolute atomic E-state index is 12.1. The number of thioether (sulfide) groups is 1. The average molecular weight is 308 g/mol. The summed E-state index contributed by atoms with van der Waals surface area (Å²) in [6.45, 7) is 0.964. The van der Waals surface area contributed by atoms with Gasteiger partial charge >= 0.3 is 5.97 Å². The van der Waals surface area contributed by atoms with Gasteiger partial charge < -0.3 is 5.11 Å². The normalized spacial score (nSPS) is 29.5. The van der Waals surface area contributed by atoms with Crippen LogP contribution < -0.4 is 4.72 Å². The van der Waals surface area contributed by atoms with Gasteiger partial charge in [-0.15, -0.1) is 0 Å². The number of hydrogen-bond donors (Lipinski definition) is 2. The Hall–Kier alpha value is -0.310. The van der Waals surface area contributed by atoms with Crippen LogP contribution in [0.4, 0.5) is 0 Å². The van der Waals surface area contributed by atoms with E-state index >= 15 is 0 Å². The molecule has 0 amide bonds. The van der Waals surface area contributed by atoms with Crippen molar-refractivity contribution in [2.24, 2.45) is 11.8 Å². The Morgan fingerprint density at radius 1 is 1.42 bits per heavy atom. The summed E-state index contributed by atoms with van der Waals surface area (Å²) in [5.74, 6) is 1.01. The monoisotopic (exact) mass is 308 g/mol. The third kappa shape index (κ3) is 4.08. The maximum Gasteiger partial charge on any atom is 0.307 e. The van der Waals surface area contributed by atoms with Crippen LogP contribution in [0.25, 0.3) is 0 Å². The van der Waals surface area contributed by atoms with Crippen molar-refractivity contribution < 1.29 is 18.3 Å². The second-order valence-corrected chi connectivity index (χ2v) is 8.02. The van der Waals surface area contributed by atoms with Gasteiger partial charge in [-0.2, -0.15) is 24.5 Å². The minimum absolute atomic E-state index is 0.0874. The van der Waals surface area contributed by atoms with Crippen LogP contribution in [0.15, 0.2) is 0 Å². The van der Waals surface area contributed by atoms with E-state index in [2.05, 4.69) is 4.72 Å². The van der Waals surface area contributed by atoms with E-state index in [1.807, 2.05) is 11.8 Å². The second kappa shape index (κ2) is 6.43. The molecule has 6 nitrogen and oxygen atoms in total. The van der Waals surface area contributed by atoms with Crippen molar-refractivity contribution in [3.63, 3.8) is 0 Å². The van der Waals surface area contributed by atoms with Crippen molar-refractivity contribution in [3.8, 4) is 0 Å². The molecule has 8 heteroatoms. The fourth-order valence-corrected chi connectivity index (χ4v) is 5.08. The van der Waals surface area contributed by atoms with Crippen molar-refractivity contribution in [1.82, 2.24) is 9.03 Å². The Morgan fingerprint density at radius 3 is 2.84 bits per heavy atom. The van der Waals surface area contributed by atoms with Crippen molar-refractivity contribution >= 4 is 27.9 Å². The van der Waals surface area contributed by atoms with E-state index in [1.54, 1.807) is 0 Å². The first-order valence-corrected chi connectivity index (χ1v) is 9.14. The van der Waals surface area contributed by atoms with E-state index in [0.29, 0.717) is 31.8 Å². The number of carbonyl (C=O) groups is 1. The Morgan fingerprint density at radius 2 is 2.21 bits per heavy atom. The van der Waals surface area contributed by atoms with Crippen molar-refractivity contribution in [1.29, 1.82) is 0 Å². The summed E-state index contributed by atoms with van der Waals surface area (Å²) in [5.41, 5.74) is 0. The van der Waals surface area contributed by atoms with Gasteiger partial charge in [0.15, 0.2) is 0 Å². The van der Waals surface area contributed by atoms with Gasteiger partial charge in [-0.3, -0.25) is 4.79 Å². The van der Waals surface area contributed by atoms with Crippen molar-refractivity contribution in [3.05, 3.63) is 0 Å². The van der Waals surface area contributed by atoms with Gasteiger partial charge in [-0.1, -0.05) is 0 Å². The Bertz CT molecular complexity index is 420. The lowest BCUT2D eigenvalue weighted by Gasteiger charge is -2.30. The molecule has 2 saturated heterocycles. The van der Waals surface area contributed by atoms with Gasteiger partial charge in [0.1, 0.15) is 0 Å². The molecule has 0 aromatic heterocycles. The molecule has 2 unspecified atom stereocenters. The summed E-state index contributed by atoms with van der Waals surface area (Å²) in [6, 6.07) is 0. The molecule has 110 valence electrons. The van der Waals surface area contributed by atoms with Crippen molar-refractivity contribution in [2.45, 2.75) is 19.3 Å². The molecule has 2 heterocycles. The number of carboxylic acid groups (broad SMARTS) is 1. The van der Waals surface area contributed by atoms with Gasteiger partial charge in [-0.25, -0.2) is 4.72 Å². The topological polar surface area (TPSA) is 86.7 Å². The summed E-state index contributed by atoms with van der Waals surface area (Å²) in [6.07, 6.45) is 2.21. The molecule has 2 atom stereocenters. The van der Waals surface area contributed by atoms with Crippen LogP contribution in [-0.2, 0) is 15.0 Å². The van der Waals surface area contributed by atoms with Crippen LogP contribution in [0.5, 0.6) is 0 Å². The molecule has 0 aromatic carbocycles. The van der Waals surface area contributed by atoms with Gasteiger partial charge in [0.25, 0.3) is 10.2 Å². The highest BCUT2D eigenvalue weighted by Gasteiger charge is 2.32. The Balaban J connectivity index is 1.88. The second-order valence-electron chi connectivity index (χ2n) is 5.12. The third-order valence-corrected chi connectivity index (χ3v) is 6.43. The standard InChI is InChI=1S/C11H20N2O4S2/c14-11(15)10-2-1-4-13(7-10)19(16,17)12-6-9-3-5-18-8-9/h9-10,12H,1-8H2,(H,14,15). The van der Waals surface area contributed by atoms with E-state index in [1.165, 1.54) is 4.31 Å². The zero-order valence-electron chi connectivity index (χ0n) is 10.7. The highest BCUT2D eigenvalue weighted by Crippen LogP contribution is 2.23. The zero-order chi connectivity index (χ0) is 13.9. The van der Waals surface area contributed by atoms with E-state index in [0.717, 1.165) is 17.9 Å². The molecule has 0 aromatic rings. The van der Waals surface area contributed by atoms with Crippen LogP contribution >= 0.6 is 11.8 Å². The number of nitrogens with one attached hydrogen (secondary N) is 1. The maximum atomic E-state index is 12.1. The fraction of sp³-hybridized carbons (Fsp3) is 0.909. The summed E-state index contributed by atoms with van der Waals surface area (Å²) >= 11 is 1.85. The van der Waals surface area contributed by atoms with Gasteiger partial charge in [0, 0.05) is 19.6 Å².